The van der Waals surface area contributed by atoms with Gasteiger partial charge in [-0.3, -0.25) is 0 Å². The first-order chi connectivity index (χ1) is 9.11. The third kappa shape index (κ3) is 3.39. The van der Waals surface area contributed by atoms with Crippen molar-refractivity contribution in [2.45, 2.75) is 12.3 Å². The molecular formula is C15H14BrF2N. The lowest BCUT2D eigenvalue weighted by Gasteiger charge is -2.16. The molecule has 0 saturated heterocycles. The SMILES string of the molecule is NCC(Cc1ccc(Br)cc1F)c1ccccc1F. The average Bonchev–Trinajstić information content (AvgIpc) is 2.39. The van der Waals surface area contributed by atoms with Gasteiger partial charge >= 0.3 is 0 Å². The van der Waals surface area contributed by atoms with Gasteiger partial charge in [0.15, 0.2) is 0 Å². The van der Waals surface area contributed by atoms with E-state index in [4.69, 9.17) is 5.73 Å². The van der Waals surface area contributed by atoms with Gasteiger partial charge in [0.1, 0.15) is 11.6 Å². The van der Waals surface area contributed by atoms with Crippen LogP contribution in [0.2, 0.25) is 0 Å². The van der Waals surface area contributed by atoms with E-state index in [1.165, 1.54) is 12.1 Å². The minimum atomic E-state index is -0.302. The minimum absolute atomic E-state index is 0.225. The Morgan fingerprint density at radius 3 is 2.42 bits per heavy atom. The zero-order valence-electron chi connectivity index (χ0n) is 10.2. The monoisotopic (exact) mass is 325 g/mol. The van der Waals surface area contributed by atoms with Gasteiger partial charge in [0, 0.05) is 10.4 Å². The second kappa shape index (κ2) is 6.26. The first-order valence-electron chi connectivity index (χ1n) is 6.00. The lowest BCUT2D eigenvalue weighted by atomic mass is 9.91. The standard InChI is InChI=1S/C15H14BrF2N/c16-12-6-5-10(15(18)8-12)7-11(9-19)13-3-1-2-4-14(13)17/h1-6,8,11H,7,9,19H2. The predicted octanol–water partition coefficient (Wildman–Crippen LogP) is 4.01. The summed E-state index contributed by atoms with van der Waals surface area (Å²) in [6.45, 7) is 0.274. The smallest absolute Gasteiger partial charge is 0.127 e. The van der Waals surface area contributed by atoms with Gasteiger partial charge in [-0.25, -0.2) is 8.78 Å². The maximum Gasteiger partial charge on any atom is 0.127 e. The highest BCUT2D eigenvalue weighted by atomic mass is 79.9. The molecule has 0 aromatic heterocycles. The number of hydrogen-bond acceptors (Lipinski definition) is 1. The summed E-state index contributed by atoms with van der Waals surface area (Å²) in [7, 11) is 0. The largest absolute Gasteiger partial charge is 0.330 e. The van der Waals surface area contributed by atoms with Crippen molar-refractivity contribution in [2.75, 3.05) is 6.54 Å². The van der Waals surface area contributed by atoms with Crippen LogP contribution >= 0.6 is 15.9 Å². The summed E-state index contributed by atoms with van der Waals surface area (Å²) >= 11 is 3.21. The predicted molar refractivity (Wildman–Crippen MR) is 76.0 cm³/mol. The molecule has 2 N–H and O–H groups in total. The van der Waals surface area contributed by atoms with Gasteiger partial charge in [-0.2, -0.15) is 0 Å². The molecule has 4 heteroatoms. The van der Waals surface area contributed by atoms with Crippen LogP contribution in [0.25, 0.3) is 0 Å². The highest BCUT2D eigenvalue weighted by Gasteiger charge is 2.16. The fraction of sp³-hybridized carbons (Fsp3) is 0.200. The van der Waals surface area contributed by atoms with Gasteiger partial charge in [0.25, 0.3) is 0 Å². The van der Waals surface area contributed by atoms with Gasteiger partial charge in [0.05, 0.1) is 0 Å². The normalized spacial score (nSPS) is 12.4. The van der Waals surface area contributed by atoms with Crippen LogP contribution in [0.5, 0.6) is 0 Å². The van der Waals surface area contributed by atoms with Crippen LogP contribution in [-0.2, 0) is 6.42 Å². The van der Waals surface area contributed by atoms with E-state index in [0.717, 1.165) is 0 Å². The van der Waals surface area contributed by atoms with Gasteiger partial charge in [-0.15, -0.1) is 0 Å². The van der Waals surface area contributed by atoms with E-state index in [2.05, 4.69) is 15.9 Å². The van der Waals surface area contributed by atoms with E-state index in [9.17, 15) is 8.78 Å². The third-order valence-corrected chi connectivity index (χ3v) is 3.60. The highest BCUT2D eigenvalue weighted by Crippen LogP contribution is 2.25. The molecule has 0 aliphatic rings. The summed E-state index contributed by atoms with van der Waals surface area (Å²) in [5.41, 5.74) is 6.78. The molecule has 0 spiro atoms. The van der Waals surface area contributed by atoms with Crippen LogP contribution < -0.4 is 5.73 Å². The molecule has 0 fully saturated rings. The van der Waals surface area contributed by atoms with Gasteiger partial charge in [0.2, 0.25) is 0 Å². The van der Waals surface area contributed by atoms with Crippen molar-refractivity contribution in [1.29, 1.82) is 0 Å². The zero-order valence-corrected chi connectivity index (χ0v) is 11.8. The quantitative estimate of drug-likeness (QED) is 0.903. The Morgan fingerprint density at radius 1 is 1.05 bits per heavy atom. The van der Waals surface area contributed by atoms with Gasteiger partial charge < -0.3 is 5.73 Å². The van der Waals surface area contributed by atoms with Crippen LogP contribution in [0.4, 0.5) is 8.78 Å². The molecule has 2 rings (SSSR count). The van der Waals surface area contributed by atoms with E-state index < -0.39 is 0 Å². The van der Waals surface area contributed by atoms with Crippen molar-refractivity contribution in [3.63, 3.8) is 0 Å². The topological polar surface area (TPSA) is 26.0 Å². The molecule has 2 aromatic carbocycles. The van der Waals surface area contributed by atoms with Crippen LogP contribution in [0.15, 0.2) is 46.9 Å². The van der Waals surface area contributed by atoms with E-state index in [0.29, 0.717) is 22.0 Å². The lowest BCUT2D eigenvalue weighted by Crippen LogP contribution is -2.17. The summed E-state index contributed by atoms with van der Waals surface area (Å²) < 4.78 is 28.2. The maximum atomic E-state index is 13.8. The van der Waals surface area contributed by atoms with Crippen molar-refractivity contribution < 1.29 is 8.78 Å². The summed E-state index contributed by atoms with van der Waals surface area (Å²) in [6, 6.07) is 11.4. The Bertz CT molecular complexity index is 572. The summed E-state index contributed by atoms with van der Waals surface area (Å²) in [6.07, 6.45) is 0.385. The van der Waals surface area contributed by atoms with Crippen molar-refractivity contribution in [3.05, 3.63) is 69.7 Å². The second-order valence-electron chi connectivity index (χ2n) is 4.39. The highest BCUT2D eigenvalue weighted by molar-refractivity contribution is 9.10. The Balaban J connectivity index is 2.27. The molecule has 1 atom stereocenters. The van der Waals surface area contributed by atoms with E-state index >= 15 is 0 Å². The number of nitrogens with two attached hydrogens (primary N) is 1. The van der Waals surface area contributed by atoms with Crippen LogP contribution in [-0.4, -0.2) is 6.54 Å². The lowest BCUT2D eigenvalue weighted by molar-refractivity contribution is 0.559. The summed E-state index contributed by atoms with van der Waals surface area (Å²) in [4.78, 5) is 0. The fourth-order valence-electron chi connectivity index (χ4n) is 2.08. The molecule has 0 radical (unpaired) electrons. The summed E-state index contributed by atoms with van der Waals surface area (Å²) in [5, 5.41) is 0. The molecule has 1 nitrogen and oxygen atoms in total. The fourth-order valence-corrected chi connectivity index (χ4v) is 2.41. The van der Waals surface area contributed by atoms with E-state index in [1.54, 1.807) is 30.3 Å². The Hall–Kier alpha value is -1.26. The van der Waals surface area contributed by atoms with Crippen molar-refractivity contribution in [2.24, 2.45) is 5.73 Å². The molecule has 0 aliphatic heterocycles. The maximum absolute atomic E-state index is 13.8. The number of halogens is 3. The molecule has 100 valence electrons. The number of rotatable bonds is 4. The second-order valence-corrected chi connectivity index (χ2v) is 5.31. The van der Waals surface area contributed by atoms with Crippen molar-refractivity contribution in [3.8, 4) is 0 Å². The molecule has 1 unspecified atom stereocenters. The van der Waals surface area contributed by atoms with Gasteiger partial charge in [-0.05, 0) is 42.3 Å². The van der Waals surface area contributed by atoms with E-state index in [-0.39, 0.29) is 24.1 Å². The number of benzene rings is 2. The van der Waals surface area contributed by atoms with Crippen LogP contribution in [0.3, 0.4) is 0 Å². The molecule has 0 amide bonds. The first-order valence-corrected chi connectivity index (χ1v) is 6.79. The average molecular weight is 326 g/mol. The van der Waals surface area contributed by atoms with E-state index in [1.807, 2.05) is 0 Å². The molecule has 0 bridgehead atoms. The molecule has 0 saturated carbocycles. The number of hydrogen-bond donors (Lipinski definition) is 1. The molecule has 0 heterocycles. The van der Waals surface area contributed by atoms with Crippen molar-refractivity contribution >= 4 is 15.9 Å². The van der Waals surface area contributed by atoms with Crippen molar-refractivity contribution in [1.82, 2.24) is 0 Å². The van der Waals surface area contributed by atoms with Crippen LogP contribution in [0.1, 0.15) is 17.0 Å². The molecule has 0 aliphatic carbocycles. The first kappa shape index (κ1) is 14.2. The summed E-state index contributed by atoms with van der Waals surface area (Å²) in [5.74, 6) is -0.823. The Labute approximate surface area is 119 Å². The molecule has 2 aromatic rings. The molecule has 19 heavy (non-hydrogen) atoms. The Kier molecular flexibility index (Phi) is 4.66. The minimum Gasteiger partial charge on any atom is -0.330 e. The third-order valence-electron chi connectivity index (χ3n) is 3.11. The Morgan fingerprint density at radius 2 is 1.79 bits per heavy atom. The zero-order chi connectivity index (χ0) is 13.8. The van der Waals surface area contributed by atoms with Gasteiger partial charge in [-0.1, -0.05) is 40.2 Å². The van der Waals surface area contributed by atoms with Crippen LogP contribution in [0, 0.1) is 11.6 Å². The molecular weight excluding hydrogens is 312 g/mol.